The van der Waals surface area contributed by atoms with E-state index in [0.717, 1.165) is 12.0 Å². The van der Waals surface area contributed by atoms with Crippen molar-refractivity contribution in [1.29, 1.82) is 0 Å². The molecule has 1 aromatic carbocycles. The second kappa shape index (κ2) is 7.55. The first-order chi connectivity index (χ1) is 8.66. The minimum Gasteiger partial charge on any atom is -0.346 e. The van der Waals surface area contributed by atoms with E-state index in [1.54, 1.807) is 0 Å². The topological polar surface area (TPSA) is 18.5 Å². The van der Waals surface area contributed by atoms with E-state index in [1.165, 1.54) is 18.4 Å². The lowest BCUT2D eigenvalue weighted by atomic mass is 10.0. The van der Waals surface area contributed by atoms with Crippen molar-refractivity contribution < 1.29 is 9.47 Å². The van der Waals surface area contributed by atoms with E-state index < -0.39 is 5.79 Å². The van der Waals surface area contributed by atoms with Crippen molar-refractivity contribution in [3.05, 3.63) is 35.4 Å². The Hall–Kier alpha value is -0.860. The van der Waals surface area contributed by atoms with Crippen LogP contribution in [0.1, 0.15) is 51.7 Å². The summed E-state index contributed by atoms with van der Waals surface area (Å²) in [6.07, 6.45) is 3.63. The maximum absolute atomic E-state index is 5.75. The molecule has 0 amide bonds. The highest BCUT2D eigenvalue weighted by molar-refractivity contribution is 5.25. The molecular formula is C16H26O2. The van der Waals surface area contributed by atoms with Crippen LogP contribution in [0.25, 0.3) is 0 Å². The Bertz CT molecular complexity index is 323. The molecule has 0 atom stereocenters. The Morgan fingerprint density at radius 1 is 0.944 bits per heavy atom. The van der Waals surface area contributed by atoms with Crippen LogP contribution in [0.4, 0.5) is 0 Å². The summed E-state index contributed by atoms with van der Waals surface area (Å²) >= 11 is 0. The lowest BCUT2D eigenvalue weighted by Gasteiger charge is -2.29. The summed E-state index contributed by atoms with van der Waals surface area (Å²) in [5.74, 6) is -0.618. The number of rotatable bonds is 8. The number of hydrogen-bond donors (Lipinski definition) is 0. The lowest BCUT2D eigenvalue weighted by molar-refractivity contribution is -0.229. The predicted molar refractivity (Wildman–Crippen MR) is 75.7 cm³/mol. The van der Waals surface area contributed by atoms with Gasteiger partial charge in [-0.15, -0.1) is 0 Å². The Balaban J connectivity index is 2.80. The van der Waals surface area contributed by atoms with Gasteiger partial charge in [-0.25, -0.2) is 0 Å². The van der Waals surface area contributed by atoms with Crippen molar-refractivity contribution in [2.24, 2.45) is 0 Å². The van der Waals surface area contributed by atoms with E-state index in [2.05, 4.69) is 31.2 Å². The third kappa shape index (κ3) is 4.11. The van der Waals surface area contributed by atoms with Gasteiger partial charge in [0.25, 0.3) is 0 Å². The summed E-state index contributed by atoms with van der Waals surface area (Å²) in [4.78, 5) is 0. The number of aryl methyl sites for hydroxylation is 1. The molecule has 2 nitrogen and oxygen atoms in total. The monoisotopic (exact) mass is 250 g/mol. The molecule has 0 aliphatic rings. The van der Waals surface area contributed by atoms with Crippen LogP contribution >= 0.6 is 0 Å². The molecule has 0 spiro atoms. The van der Waals surface area contributed by atoms with Crippen LogP contribution < -0.4 is 0 Å². The van der Waals surface area contributed by atoms with Gasteiger partial charge in [0.1, 0.15) is 0 Å². The average molecular weight is 250 g/mol. The van der Waals surface area contributed by atoms with E-state index in [0.29, 0.717) is 13.2 Å². The minimum absolute atomic E-state index is 0.618. The number of hydrogen-bond acceptors (Lipinski definition) is 2. The molecule has 0 aromatic heterocycles. The highest BCUT2D eigenvalue weighted by Crippen LogP contribution is 2.27. The van der Waals surface area contributed by atoms with Gasteiger partial charge in [-0.05, 0) is 39.2 Å². The molecule has 0 radical (unpaired) electrons. The minimum atomic E-state index is -0.618. The van der Waals surface area contributed by atoms with Gasteiger partial charge in [0.05, 0.1) is 0 Å². The van der Waals surface area contributed by atoms with Crippen LogP contribution in [-0.2, 0) is 21.7 Å². The molecule has 0 unspecified atom stereocenters. The molecular weight excluding hydrogens is 224 g/mol. The fraction of sp³-hybridized carbons (Fsp3) is 0.625. The van der Waals surface area contributed by atoms with Crippen LogP contribution in [0.2, 0.25) is 0 Å². The normalized spacial score (nSPS) is 11.8. The van der Waals surface area contributed by atoms with Gasteiger partial charge in [0.2, 0.25) is 0 Å². The van der Waals surface area contributed by atoms with Gasteiger partial charge in [-0.3, -0.25) is 0 Å². The molecule has 2 heteroatoms. The smallest absolute Gasteiger partial charge is 0.191 e. The van der Waals surface area contributed by atoms with E-state index >= 15 is 0 Å². The van der Waals surface area contributed by atoms with Crippen LogP contribution in [-0.4, -0.2) is 13.2 Å². The van der Waals surface area contributed by atoms with Crippen LogP contribution in [0.5, 0.6) is 0 Å². The van der Waals surface area contributed by atoms with Crippen molar-refractivity contribution in [3.8, 4) is 0 Å². The van der Waals surface area contributed by atoms with Gasteiger partial charge in [0, 0.05) is 18.8 Å². The molecule has 0 bridgehead atoms. The zero-order valence-electron chi connectivity index (χ0n) is 12.2. The Labute approximate surface area is 111 Å². The zero-order valence-corrected chi connectivity index (χ0v) is 12.2. The third-order valence-electron chi connectivity index (χ3n) is 3.14. The third-order valence-corrected chi connectivity index (χ3v) is 3.14. The molecule has 0 aliphatic heterocycles. The second-order valence-electron chi connectivity index (χ2n) is 4.61. The first-order valence-electron chi connectivity index (χ1n) is 7.03. The number of unbranched alkanes of at least 4 members (excludes halogenated alkanes) is 1. The molecule has 0 saturated carbocycles. The molecule has 1 aromatic rings. The van der Waals surface area contributed by atoms with Crippen molar-refractivity contribution in [1.82, 2.24) is 0 Å². The molecule has 0 saturated heterocycles. The summed E-state index contributed by atoms with van der Waals surface area (Å²) in [5.41, 5.74) is 2.47. The molecule has 0 aliphatic carbocycles. The van der Waals surface area contributed by atoms with E-state index in [4.69, 9.17) is 9.47 Å². The molecule has 102 valence electrons. The van der Waals surface area contributed by atoms with Crippen molar-refractivity contribution in [2.45, 2.75) is 52.7 Å². The average Bonchev–Trinajstić information content (AvgIpc) is 2.37. The van der Waals surface area contributed by atoms with Gasteiger partial charge < -0.3 is 9.47 Å². The fourth-order valence-corrected chi connectivity index (χ4v) is 2.11. The first kappa shape index (κ1) is 15.2. The summed E-state index contributed by atoms with van der Waals surface area (Å²) in [6.45, 7) is 9.48. The van der Waals surface area contributed by atoms with Crippen molar-refractivity contribution in [2.75, 3.05) is 13.2 Å². The molecule has 0 heterocycles. The fourth-order valence-electron chi connectivity index (χ4n) is 2.11. The summed E-state index contributed by atoms with van der Waals surface area (Å²) in [6, 6.07) is 8.61. The van der Waals surface area contributed by atoms with E-state index in [-0.39, 0.29) is 0 Å². The maximum atomic E-state index is 5.75. The predicted octanol–water partition coefficient (Wildman–Crippen LogP) is 4.27. The quantitative estimate of drug-likeness (QED) is 0.641. The highest BCUT2D eigenvalue weighted by Gasteiger charge is 2.27. The molecule has 0 fully saturated rings. The Morgan fingerprint density at radius 3 is 1.94 bits per heavy atom. The highest BCUT2D eigenvalue weighted by atomic mass is 16.7. The summed E-state index contributed by atoms with van der Waals surface area (Å²) < 4.78 is 11.5. The van der Waals surface area contributed by atoms with Crippen molar-refractivity contribution in [3.63, 3.8) is 0 Å². The Kier molecular flexibility index (Phi) is 6.37. The van der Waals surface area contributed by atoms with Crippen molar-refractivity contribution >= 4 is 0 Å². The number of benzene rings is 1. The van der Waals surface area contributed by atoms with Crippen LogP contribution in [0.15, 0.2) is 24.3 Å². The summed E-state index contributed by atoms with van der Waals surface area (Å²) in [5, 5.41) is 0. The van der Waals surface area contributed by atoms with Crippen LogP contribution in [0.3, 0.4) is 0 Å². The molecule has 1 rings (SSSR count). The summed E-state index contributed by atoms with van der Waals surface area (Å²) in [7, 11) is 0. The molecule has 18 heavy (non-hydrogen) atoms. The van der Waals surface area contributed by atoms with Gasteiger partial charge >= 0.3 is 0 Å². The van der Waals surface area contributed by atoms with E-state index in [1.807, 2.05) is 20.8 Å². The standard InChI is InChI=1S/C16H26O2/c1-5-8-9-14-10-12-15(13-11-14)16(4,17-6-2)18-7-3/h10-13H,5-9H2,1-4H3. The van der Waals surface area contributed by atoms with Gasteiger partial charge in [-0.2, -0.15) is 0 Å². The Morgan fingerprint density at radius 2 is 1.50 bits per heavy atom. The zero-order chi connectivity index (χ0) is 13.4. The largest absolute Gasteiger partial charge is 0.346 e. The second-order valence-corrected chi connectivity index (χ2v) is 4.61. The lowest BCUT2D eigenvalue weighted by Crippen LogP contribution is -2.29. The van der Waals surface area contributed by atoms with Crippen LogP contribution in [0, 0.1) is 0 Å². The maximum Gasteiger partial charge on any atom is 0.191 e. The van der Waals surface area contributed by atoms with Gasteiger partial charge in [0.15, 0.2) is 5.79 Å². The van der Waals surface area contributed by atoms with E-state index in [9.17, 15) is 0 Å². The number of ether oxygens (including phenoxy) is 2. The molecule has 0 N–H and O–H groups in total. The van der Waals surface area contributed by atoms with Gasteiger partial charge in [-0.1, -0.05) is 37.6 Å². The SMILES string of the molecule is CCCCc1ccc(C(C)(OCC)OCC)cc1. The first-order valence-corrected chi connectivity index (χ1v) is 7.03.